The van der Waals surface area contributed by atoms with Crippen molar-refractivity contribution in [3.05, 3.63) is 46.5 Å². The van der Waals surface area contributed by atoms with Gasteiger partial charge in [-0.15, -0.1) is 0 Å². The summed E-state index contributed by atoms with van der Waals surface area (Å²) in [6.45, 7) is 1.88. The van der Waals surface area contributed by atoms with Gasteiger partial charge in [-0.05, 0) is 30.7 Å². The highest BCUT2D eigenvalue weighted by Gasteiger charge is 2.24. The summed E-state index contributed by atoms with van der Waals surface area (Å²) < 4.78 is 25.4. The number of H-pyrrole nitrogens is 1. The van der Waals surface area contributed by atoms with E-state index in [9.17, 15) is 8.42 Å². The first-order valence-electron chi connectivity index (χ1n) is 5.91. The van der Waals surface area contributed by atoms with E-state index in [4.69, 9.17) is 23.2 Å². The van der Waals surface area contributed by atoms with E-state index in [1.54, 1.807) is 24.3 Å². The monoisotopic (exact) mass is 341 g/mol. The number of halogens is 2. The van der Waals surface area contributed by atoms with Gasteiger partial charge in [-0.3, -0.25) is 0 Å². The number of fused-ring (bicyclic) bond motifs is 1. The van der Waals surface area contributed by atoms with E-state index < -0.39 is 9.84 Å². The van der Waals surface area contributed by atoms with Crippen LogP contribution in [0.5, 0.6) is 0 Å². The summed E-state index contributed by atoms with van der Waals surface area (Å²) in [5, 5.41) is 0.187. The van der Waals surface area contributed by atoms with Crippen LogP contribution in [0, 0.1) is 6.92 Å². The molecular formula is C13H9Cl2N3O2S. The molecule has 0 amide bonds. The molecule has 3 aromatic rings. The lowest BCUT2D eigenvalue weighted by Gasteiger charge is -2.04. The molecule has 0 radical (unpaired) electrons. The van der Waals surface area contributed by atoms with Crippen LogP contribution in [0.15, 0.2) is 40.3 Å². The topological polar surface area (TPSA) is 75.7 Å². The number of aromatic amines is 1. The first-order chi connectivity index (χ1) is 9.89. The molecule has 0 saturated carbocycles. The summed E-state index contributed by atoms with van der Waals surface area (Å²) >= 11 is 11.7. The van der Waals surface area contributed by atoms with E-state index in [-0.39, 0.29) is 31.3 Å². The molecule has 21 heavy (non-hydrogen) atoms. The first kappa shape index (κ1) is 14.3. The number of aromatic nitrogens is 3. The van der Waals surface area contributed by atoms with Crippen LogP contribution in [0.25, 0.3) is 11.0 Å². The fourth-order valence-corrected chi connectivity index (χ4v) is 3.96. The third-order valence-electron chi connectivity index (χ3n) is 3.04. The quantitative estimate of drug-likeness (QED) is 0.572. The van der Waals surface area contributed by atoms with Gasteiger partial charge in [0, 0.05) is 6.20 Å². The van der Waals surface area contributed by atoms with E-state index in [1.165, 1.54) is 6.20 Å². The fourth-order valence-electron chi connectivity index (χ4n) is 1.99. The Kier molecular flexibility index (Phi) is 3.39. The van der Waals surface area contributed by atoms with Gasteiger partial charge in [0.2, 0.25) is 15.1 Å². The summed E-state index contributed by atoms with van der Waals surface area (Å²) in [7, 11) is -3.71. The molecule has 0 fully saturated rings. The van der Waals surface area contributed by atoms with Gasteiger partial charge in [0.15, 0.2) is 0 Å². The van der Waals surface area contributed by atoms with Gasteiger partial charge in [0.1, 0.15) is 15.7 Å². The number of nitrogens with zero attached hydrogens (tertiary/aromatic N) is 2. The summed E-state index contributed by atoms with van der Waals surface area (Å²) in [6.07, 6.45) is 1.34. The van der Waals surface area contributed by atoms with Crippen LogP contribution >= 0.6 is 23.2 Å². The van der Waals surface area contributed by atoms with Gasteiger partial charge in [0.05, 0.1) is 10.3 Å². The number of benzene rings is 1. The summed E-state index contributed by atoms with van der Waals surface area (Å²) in [5.74, 6) is 0. The molecule has 5 nitrogen and oxygen atoms in total. The number of rotatable bonds is 2. The molecule has 0 aliphatic rings. The summed E-state index contributed by atoms with van der Waals surface area (Å²) in [6, 6.07) is 6.57. The smallest absolute Gasteiger partial charge is 0.225 e. The zero-order chi connectivity index (χ0) is 15.2. The number of hydrogen-bond acceptors (Lipinski definition) is 4. The first-order valence-corrected chi connectivity index (χ1v) is 8.15. The Balaban J connectivity index is 2.27. The Labute approximate surface area is 130 Å². The zero-order valence-corrected chi connectivity index (χ0v) is 13.1. The summed E-state index contributed by atoms with van der Waals surface area (Å²) in [5.41, 5.74) is 1.26. The zero-order valence-electron chi connectivity index (χ0n) is 10.8. The highest BCUT2D eigenvalue weighted by Crippen LogP contribution is 2.32. The maximum Gasteiger partial charge on any atom is 0.225 e. The Morgan fingerprint density at radius 3 is 2.43 bits per heavy atom. The maximum atomic E-state index is 12.7. The van der Waals surface area contributed by atoms with Crippen molar-refractivity contribution in [3.8, 4) is 0 Å². The van der Waals surface area contributed by atoms with Gasteiger partial charge < -0.3 is 4.98 Å². The Bertz CT molecular complexity index is 934. The van der Waals surface area contributed by atoms with Crippen molar-refractivity contribution in [2.24, 2.45) is 0 Å². The van der Waals surface area contributed by atoms with Gasteiger partial charge >= 0.3 is 0 Å². The average Bonchev–Trinajstić information content (AvgIpc) is 2.83. The lowest BCUT2D eigenvalue weighted by molar-refractivity contribution is 0.597. The number of sulfone groups is 1. The molecule has 2 heterocycles. The van der Waals surface area contributed by atoms with E-state index in [2.05, 4.69) is 15.0 Å². The second-order valence-electron chi connectivity index (χ2n) is 4.48. The number of hydrogen-bond donors (Lipinski definition) is 1. The normalized spacial score (nSPS) is 12.0. The molecule has 1 N–H and O–H groups in total. The lowest BCUT2D eigenvalue weighted by atomic mass is 10.2. The molecule has 0 spiro atoms. The minimum Gasteiger partial charge on any atom is -0.345 e. The van der Waals surface area contributed by atoms with Crippen LogP contribution in [0.2, 0.25) is 10.4 Å². The van der Waals surface area contributed by atoms with Gasteiger partial charge in [-0.2, -0.15) is 4.98 Å². The number of nitrogens with one attached hydrogen (secondary N) is 1. The molecular weight excluding hydrogens is 333 g/mol. The molecule has 108 valence electrons. The molecule has 0 aliphatic heterocycles. The van der Waals surface area contributed by atoms with Crippen molar-refractivity contribution in [2.75, 3.05) is 0 Å². The predicted molar refractivity (Wildman–Crippen MR) is 80.5 cm³/mol. The van der Waals surface area contributed by atoms with Crippen molar-refractivity contribution >= 4 is 44.1 Å². The van der Waals surface area contributed by atoms with Crippen molar-refractivity contribution in [1.29, 1.82) is 0 Å². The third kappa shape index (κ3) is 2.39. The molecule has 3 rings (SSSR count). The molecule has 2 aromatic heterocycles. The highest BCUT2D eigenvalue weighted by atomic mass is 35.5. The molecule has 0 unspecified atom stereocenters. The van der Waals surface area contributed by atoms with Crippen LogP contribution in [0.1, 0.15) is 5.56 Å². The number of aryl methyl sites for hydroxylation is 1. The fraction of sp³-hybridized carbons (Fsp3) is 0.0769. The second-order valence-corrected chi connectivity index (χ2v) is 7.09. The third-order valence-corrected chi connectivity index (χ3v) is 5.28. The minimum absolute atomic E-state index is 0.00284. The van der Waals surface area contributed by atoms with E-state index in [1.807, 2.05) is 6.92 Å². The van der Waals surface area contributed by atoms with E-state index in [0.29, 0.717) is 0 Å². The van der Waals surface area contributed by atoms with Crippen molar-refractivity contribution in [1.82, 2.24) is 15.0 Å². The van der Waals surface area contributed by atoms with Gasteiger partial charge in [-0.1, -0.05) is 29.3 Å². The maximum absolute atomic E-state index is 12.7. The van der Waals surface area contributed by atoms with Gasteiger partial charge in [0.25, 0.3) is 0 Å². The standard InChI is InChI=1S/C13H9Cl2N3O2S/c1-7-2-4-8(5-3-7)21(19,20)9-6-16-12-10(9)11(14)17-13(15)18-12/h2-6H,1H3,(H,16,17,18). The highest BCUT2D eigenvalue weighted by molar-refractivity contribution is 7.91. The molecule has 0 atom stereocenters. The minimum atomic E-state index is -3.71. The summed E-state index contributed by atoms with van der Waals surface area (Å²) in [4.78, 5) is 10.7. The van der Waals surface area contributed by atoms with E-state index in [0.717, 1.165) is 5.56 Å². The van der Waals surface area contributed by atoms with Gasteiger partial charge in [-0.25, -0.2) is 13.4 Å². The lowest BCUT2D eigenvalue weighted by Crippen LogP contribution is -2.01. The Morgan fingerprint density at radius 1 is 1.10 bits per heavy atom. The van der Waals surface area contributed by atoms with Crippen molar-refractivity contribution in [3.63, 3.8) is 0 Å². The molecule has 0 saturated heterocycles. The van der Waals surface area contributed by atoms with Crippen LogP contribution in [0.3, 0.4) is 0 Å². The van der Waals surface area contributed by atoms with Crippen molar-refractivity contribution in [2.45, 2.75) is 16.7 Å². The molecule has 8 heteroatoms. The Morgan fingerprint density at radius 2 is 1.76 bits per heavy atom. The van der Waals surface area contributed by atoms with Crippen LogP contribution in [0.4, 0.5) is 0 Å². The van der Waals surface area contributed by atoms with E-state index >= 15 is 0 Å². The van der Waals surface area contributed by atoms with Crippen LogP contribution in [-0.2, 0) is 9.84 Å². The second kappa shape index (κ2) is 4.98. The largest absolute Gasteiger partial charge is 0.345 e. The van der Waals surface area contributed by atoms with Crippen LogP contribution in [-0.4, -0.2) is 23.4 Å². The average molecular weight is 342 g/mol. The Hall–Kier alpha value is -1.63. The van der Waals surface area contributed by atoms with Crippen molar-refractivity contribution < 1.29 is 8.42 Å². The molecule has 0 bridgehead atoms. The molecule has 0 aliphatic carbocycles. The molecule has 1 aromatic carbocycles. The SMILES string of the molecule is Cc1ccc(S(=O)(=O)c2c[nH]c3nc(Cl)nc(Cl)c23)cc1. The van der Waals surface area contributed by atoms with Crippen LogP contribution < -0.4 is 0 Å². The predicted octanol–water partition coefficient (Wildman–Crippen LogP) is 3.41.